The quantitative estimate of drug-likeness (QED) is 0.553. The molecule has 0 heterocycles. The second kappa shape index (κ2) is 5.61. The topological polar surface area (TPSA) is 51.0 Å². The highest BCUT2D eigenvalue weighted by Gasteiger charge is 2.30. The molecule has 1 unspecified atom stereocenters. The number of hydrogen-bond donors (Lipinski definition) is 0. The molecule has 1 aliphatic carbocycles. The first-order valence-electron chi connectivity index (χ1n) is 6.53. The third kappa shape index (κ3) is 4.44. The molecule has 4 nitrogen and oxygen atoms in total. The molecule has 4 heteroatoms. The number of carbonyl (C=O) groups is 1. The summed E-state index contributed by atoms with van der Waals surface area (Å²) >= 11 is 0. The molecule has 1 saturated carbocycles. The van der Waals surface area contributed by atoms with Crippen molar-refractivity contribution < 1.29 is 9.53 Å². The van der Waals surface area contributed by atoms with Gasteiger partial charge in [0.2, 0.25) is 5.72 Å². The van der Waals surface area contributed by atoms with Gasteiger partial charge in [0.15, 0.2) is 0 Å². The molecule has 0 aromatic rings. The van der Waals surface area contributed by atoms with E-state index < -0.39 is 5.72 Å². The number of ether oxygens (including phenoxy) is 1. The number of rotatable bonds is 4. The lowest BCUT2D eigenvalue weighted by Crippen LogP contribution is -2.30. The van der Waals surface area contributed by atoms with E-state index in [1.54, 1.807) is 0 Å². The summed E-state index contributed by atoms with van der Waals surface area (Å²) in [5.74, 6) is -0.304. The van der Waals surface area contributed by atoms with Crippen molar-refractivity contribution in [1.29, 1.82) is 0 Å². The zero-order valence-corrected chi connectivity index (χ0v) is 11.5. The van der Waals surface area contributed by atoms with Crippen LogP contribution in [-0.2, 0) is 9.53 Å². The molecule has 0 radical (unpaired) electrons. The van der Waals surface area contributed by atoms with E-state index in [0.29, 0.717) is 6.42 Å². The molecule has 0 bridgehead atoms. The Balaban J connectivity index is 2.68. The van der Waals surface area contributed by atoms with Crippen LogP contribution in [0.3, 0.4) is 0 Å². The first-order chi connectivity index (χ1) is 7.89. The monoisotopic (exact) mass is 240 g/mol. The zero-order chi connectivity index (χ0) is 12.9. The van der Waals surface area contributed by atoms with E-state index in [-0.39, 0.29) is 11.5 Å². The molecule has 0 aromatic carbocycles. The second-order valence-corrected chi connectivity index (χ2v) is 5.38. The van der Waals surface area contributed by atoms with Crippen molar-refractivity contribution in [3.63, 3.8) is 0 Å². The standard InChI is InChI=1S/C13H24N2O2/c1-5-13(4,17-11(2)16)15-14-12(3)9-7-6-8-10-12/h5-10H2,1-4H3/b15-14+. The van der Waals surface area contributed by atoms with Crippen molar-refractivity contribution in [2.24, 2.45) is 10.2 Å². The first kappa shape index (κ1) is 14.1. The van der Waals surface area contributed by atoms with Crippen LogP contribution in [0.5, 0.6) is 0 Å². The van der Waals surface area contributed by atoms with Gasteiger partial charge in [0.25, 0.3) is 0 Å². The average Bonchev–Trinajstić information content (AvgIpc) is 2.27. The summed E-state index contributed by atoms with van der Waals surface area (Å²) in [6.45, 7) is 7.31. The van der Waals surface area contributed by atoms with Crippen LogP contribution in [-0.4, -0.2) is 17.2 Å². The number of hydrogen-bond acceptors (Lipinski definition) is 4. The Morgan fingerprint density at radius 2 is 1.94 bits per heavy atom. The third-order valence-electron chi connectivity index (χ3n) is 3.45. The maximum absolute atomic E-state index is 11.0. The highest BCUT2D eigenvalue weighted by molar-refractivity contribution is 5.66. The smallest absolute Gasteiger partial charge is 0.304 e. The fourth-order valence-electron chi connectivity index (χ4n) is 2.11. The fourth-order valence-corrected chi connectivity index (χ4v) is 2.11. The Kier molecular flexibility index (Phi) is 4.66. The van der Waals surface area contributed by atoms with Gasteiger partial charge < -0.3 is 4.74 Å². The first-order valence-corrected chi connectivity index (χ1v) is 6.53. The molecule has 98 valence electrons. The summed E-state index contributed by atoms with van der Waals surface area (Å²) in [4.78, 5) is 11.0. The number of azo groups is 1. The van der Waals surface area contributed by atoms with Gasteiger partial charge in [0, 0.05) is 13.3 Å². The summed E-state index contributed by atoms with van der Waals surface area (Å²) in [5.41, 5.74) is -0.860. The number of nitrogens with zero attached hydrogens (tertiary/aromatic N) is 2. The van der Waals surface area contributed by atoms with Crippen LogP contribution in [0.1, 0.15) is 66.2 Å². The molecule has 1 atom stereocenters. The van der Waals surface area contributed by atoms with Crippen molar-refractivity contribution in [2.75, 3.05) is 0 Å². The Labute approximate surface area is 104 Å². The second-order valence-electron chi connectivity index (χ2n) is 5.38. The normalized spacial score (nSPS) is 23.3. The minimum Gasteiger partial charge on any atom is -0.436 e. The van der Waals surface area contributed by atoms with Gasteiger partial charge in [-0.25, -0.2) is 0 Å². The summed E-state index contributed by atoms with van der Waals surface area (Å²) in [6, 6.07) is 0. The van der Waals surface area contributed by atoms with Gasteiger partial charge in [0.05, 0.1) is 5.54 Å². The van der Waals surface area contributed by atoms with Crippen molar-refractivity contribution in [2.45, 2.75) is 77.5 Å². The Morgan fingerprint density at radius 3 is 2.41 bits per heavy atom. The van der Waals surface area contributed by atoms with Crippen LogP contribution in [0.25, 0.3) is 0 Å². The molecule has 1 rings (SSSR count). The minimum atomic E-state index is -0.799. The largest absolute Gasteiger partial charge is 0.436 e. The van der Waals surface area contributed by atoms with E-state index >= 15 is 0 Å². The van der Waals surface area contributed by atoms with Crippen LogP contribution >= 0.6 is 0 Å². The van der Waals surface area contributed by atoms with Gasteiger partial charge in [-0.3, -0.25) is 4.79 Å². The lowest BCUT2D eigenvalue weighted by molar-refractivity contribution is -0.155. The molecule has 1 fully saturated rings. The third-order valence-corrected chi connectivity index (χ3v) is 3.45. The molecule has 0 spiro atoms. The maximum atomic E-state index is 11.0. The van der Waals surface area contributed by atoms with Crippen LogP contribution in [0.2, 0.25) is 0 Å². The van der Waals surface area contributed by atoms with E-state index in [2.05, 4.69) is 17.2 Å². The van der Waals surface area contributed by atoms with E-state index in [4.69, 9.17) is 4.74 Å². The maximum Gasteiger partial charge on any atom is 0.304 e. The Bertz CT molecular complexity index is 296. The lowest BCUT2D eigenvalue weighted by Gasteiger charge is -2.30. The summed E-state index contributed by atoms with van der Waals surface area (Å²) in [7, 11) is 0. The van der Waals surface area contributed by atoms with Gasteiger partial charge in [-0.1, -0.05) is 26.2 Å². The molecule has 0 aliphatic heterocycles. The molecule has 1 aliphatic rings. The van der Waals surface area contributed by atoms with E-state index in [0.717, 1.165) is 12.8 Å². The predicted molar refractivity (Wildman–Crippen MR) is 66.8 cm³/mol. The minimum absolute atomic E-state index is 0.0607. The highest BCUT2D eigenvalue weighted by Crippen LogP contribution is 2.32. The van der Waals surface area contributed by atoms with E-state index in [9.17, 15) is 4.79 Å². The predicted octanol–water partition coefficient (Wildman–Crippen LogP) is 3.85. The fraction of sp³-hybridized carbons (Fsp3) is 0.923. The van der Waals surface area contributed by atoms with Crippen LogP contribution in [0.4, 0.5) is 0 Å². The van der Waals surface area contributed by atoms with Crippen LogP contribution < -0.4 is 0 Å². The van der Waals surface area contributed by atoms with Gasteiger partial charge >= 0.3 is 5.97 Å². The molecule has 0 amide bonds. The average molecular weight is 240 g/mol. The molecule has 17 heavy (non-hydrogen) atoms. The number of esters is 1. The van der Waals surface area contributed by atoms with E-state index in [1.807, 2.05) is 13.8 Å². The summed E-state index contributed by atoms with van der Waals surface area (Å²) in [5, 5.41) is 8.75. The Morgan fingerprint density at radius 1 is 1.35 bits per heavy atom. The lowest BCUT2D eigenvalue weighted by atomic mass is 9.84. The molecule has 0 saturated heterocycles. The van der Waals surface area contributed by atoms with Crippen LogP contribution in [0, 0.1) is 0 Å². The van der Waals surface area contributed by atoms with E-state index in [1.165, 1.54) is 26.2 Å². The molecular weight excluding hydrogens is 216 g/mol. The van der Waals surface area contributed by atoms with Crippen LogP contribution in [0.15, 0.2) is 10.2 Å². The van der Waals surface area contributed by atoms with Crippen molar-refractivity contribution >= 4 is 5.97 Å². The van der Waals surface area contributed by atoms with Gasteiger partial charge in [-0.15, -0.1) is 5.11 Å². The van der Waals surface area contributed by atoms with Crippen molar-refractivity contribution in [3.05, 3.63) is 0 Å². The van der Waals surface area contributed by atoms with Gasteiger partial charge in [-0.05, 0) is 26.7 Å². The highest BCUT2D eigenvalue weighted by atomic mass is 16.6. The van der Waals surface area contributed by atoms with Gasteiger partial charge in [-0.2, -0.15) is 5.11 Å². The molecule has 0 aromatic heterocycles. The van der Waals surface area contributed by atoms with Crippen molar-refractivity contribution in [1.82, 2.24) is 0 Å². The molecule has 0 N–H and O–H groups in total. The SMILES string of the molecule is CCC(C)(/N=N/C1(C)CCCCC1)OC(C)=O. The number of carbonyl (C=O) groups excluding carboxylic acids is 1. The zero-order valence-electron chi connectivity index (χ0n) is 11.5. The van der Waals surface area contributed by atoms with Gasteiger partial charge in [0.1, 0.15) is 0 Å². The van der Waals surface area contributed by atoms with Crippen molar-refractivity contribution in [3.8, 4) is 0 Å². The Hall–Kier alpha value is -0.930. The molecular formula is C13H24N2O2. The summed E-state index contributed by atoms with van der Waals surface area (Å²) < 4.78 is 5.22. The summed E-state index contributed by atoms with van der Waals surface area (Å²) in [6.07, 6.45) is 6.52.